The van der Waals surface area contributed by atoms with E-state index in [1.807, 2.05) is 164 Å². The minimum Gasteiger partial charge on any atom is -0.504 e. The fourth-order valence-corrected chi connectivity index (χ4v) is 11.0. The number of ether oxygens (including phenoxy) is 11. The predicted molar refractivity (Wildman–Crippen MR) is 468 cm³/mol. The standard InChI is InChI=1S/C17H14ClNO2.C17H15NO3.C16H15NO5.C16H17NO3.C16H16O3.C9H10O3.Cl3OP/c1-20-16-9-13-14(18)7-8-19-15(13)10-17(16)21-11-12-5-3-2-4-6-12;1-20-16-9-13-14(18-8-7-15(13)19)10-17(16)21-11-12-5-3-2-4-6-12;1-11(18)13-8-15(21-2)16(9-14(13)17(19)20)22-10-12-6-4-3-5-7-12;1-11(18)13-8-15(19-2)16(9-14(13)17)20-10-12-6-4-3-5-7-12;1-12(17)14-8-9-15(16(10-14)18-2)19-11-13-6-4-3-5-7-13;1-6(10)7-3-4-8(11)9(5-7)12-2;1-5(2,3)4/h2-10H,11H2,1H3;2-10H,11H2,1H3,(H,18,19);3-9H,10H2,1-2H3;3-9H,10,17H2,1-2H3;3-10H,11H2,1-2H3;3-5,11H,1-2H3;. The topological polar surface area (TPSA) is 322 Å². The van der Waals surface area contributed by atoms with Gasteiger partial charge in [0.15, 0.2) is 97.6 Å². The molecule has 0 spiro atoms. The third-order valence-corrected chi connectivity index (χ3v) is 17.3. The lowest BCUT2D eigenvalue weighted by Gasteiger charge is -2.13. The maximum absolute atomic E-state index is 11.8. The third kappa shape index (κ3) is 30.1. The number of nitrogens with zero attached hydrogens (tertiary/aromatic N) is 2. The summed E-state index contributed by atoms with van der Waals surface area (Å²) in [7, 11) is 9.13. The first-order valence-electron chi connectivity index (χ1n) is 36.3. The van der Waals surface area contributed by atoms with Crippen molar-refractivity contribution >= 4 is 107 Å². The van der Waals surface area contributed by atoms with Gasteiger partial charge in [0.25, 0.3) is 5.69 Å². The van der Waals surface area contributed by atoms with Crippen LogP contribution >= 0.6 is 50.5 Å². The van der Waals surface area contributed by atoms with Gasteiger partial charge in [-0.2, -0.15) is 0 Å². The van der Waals surface area contributed by atoms with Crippen LogP contribution in [0.4, 0.5) is 11.4 Å². The first kappa shape index (κ1) is 94.1. The van der Waals surface area contributed by atoms with Gasteiger partial charge in [-0.05, 0) is 150 Å². The number of hydrogen-bond acceptors (Lipinski definition) is 22. The van der Waals surface area contributed by atoms with Crippen molar-refractivity contribution in [3.8, 4) is 69.0 Å². The molecule has 0 aliphatic carbocycles. The second kappa shape index (κ2) is 48.0. The number of nitrogens with one attached hydrogen (secondary N) is 1. The highest BCUT2D eigenvalue weighted by molar-refractivity contribution is 8.24. The number of benzene rings is 11. The normalized spacial score (nSPS) is 10.2. The van der Waals surface area contributed by atoms with Crippen LogP contribution in [-0.4, -0.2) is 85.8 Å². The number of phenols is 1. The van der Waals surface area contributed by atoms with Crippen molar-refractivity contribution in [3.05, 3.63) is 337 Å². The molecule has 0 unspecified atom stereocenters. The largest absolute Gasteiger partial charge is 0.504 e. The highest BCUT2D eigenvalue weighted by Crippen LogP contribution is 2.61. The molecule has 0 atom stereocenters. The van der Waals surface area contributed by atoms with Crippen molar-refractivity contribution in [2.75, 3.05) is 48.4 Å². The van der Waals surface area contributed by atoms with Gasteiger partial charge in [-0.25, -0.2) is 0 Å². The summed E-state index contributed by atoms with van der Waals surface area (Å²) < 4.78 is 69.4. The molecule has 13 aromatic rings. The second-order valence-electron chi connectivity index (χ2n) is 25.3. The summed E-state index contributed by atoms with van der Waals surface area (Å²) in [5.41, 5.74) is 14.2. The summed E-state index contributed by atoms with van der Waals surface area (Å²) in [6.07, 6.45) is 3.30. The van der Waals surface area contributed by atoms with E-state index in [4.69, 9.17) is 69.4 Å². The molecule has 0 aliphatic heterocycles. The minimum atomic E-state index is -3.22. The van der Waals surface area contributed by atoms with Crippen LogP contribution in [0.15, 0.2) is 266 Å². The van der Waals surface area contributed by atoms with Gasteiger partial charge in [-0.1, -0.05) is 163 Å². The summed E-state index contributed by atoms with van der Waals surface area (Å²) >= 11 is 20.0. The number of anilines is 1. The van der Waals surface area contributed by atoms with Crippen LogP contribution in [0.1, 0.15) is 96.9 Å². The quantitative estimate of drug-likeness (QED) is 0.0149. The molecule has 120 heavy (non-hydrogen) atoms. The average molecular weight is 1730 g/mol. The molecule has 2 aromatic heterocycles. The fraction of sp³-hybridized carbons (Fsp3) is 0.165. The number of carbonyl (C=O) groups excluding carboxylic acids is 4. The number of halogens is 4. The number of carbonyl (C=O) groups is 4. The number of hydrogen-bond donors (Lipinski definition) is 3. The second-order valence-corrected chi connectivity index (χ2v) is 32.4. The molecule has 29 heteroatoms. The van der Waals surface area contributed by atoms with Crippen LogP contribution in [0.5, 0.6) is 69.0 Å². The molecule has 0 saturated carbocycles. The molecule has 0 aliphatic rings. The van der Waals surface area contributed by atoms with Crippen molar-refractivity contribution in [1.82, 2.24) is 9.97 Å². The van der Waals surface area contributed by atoms with Crippen LogP contribution in [0.2, 0.25) is 5.02 Å². The monoisotopic (exact) mass is 1730 g/mol. The molecular weight excluding hydrogens is 1640 g/mol. The summed E-state index contributed by atoms with van der Waals surface area (Å²) in [6, 6.07) is 74.9. The van der Waals surface area contributed by atoms with E-state index in [0.29, 0.717) is 111 Å². The SMILES string of the molecule is COc1cc(C(C)=O)c(N)cc1OCc1ccccc1.COc1cc(C(C)=O)c([N+](=O)[O-])cc1OCc1ccccc1.COc1cc(C(C)=O)ccc1O.COc1cc(C(C)=O)ccc1OCc1ccccc1.COc1cc2c(=O)cc[nH]c2cc1OCc1ccccc1.COc1cc2c(Cl)ccnc2cc1OCc1ccccc1.O=P(Cl)(Cl)Cl. The lowest BCUT2D eigenvalue weighted by Crippen LogP contribution is -2.04. The molecule has 624 valence electrons. The molecule has 0 bridgehead atoms. The van der Waals surface area contributed by atoms with Gasteiger partial charge in [0.05, 0.1) is 75.3 Å². The van der Waals surface area contributed by atoms with Gasteiger partial charge in [0.2, 0.25) is 0 Å². The van der Waals surface area contributed by atoms with E-state index in [2.05, 4.69) is 43.7 Å². The minimum absolute atomic E-state index is 0.00564. The molecule has 2 heterocycles. The van der Waals surface area contributed by atoms with Crippen molar-refractivity contribution in [3.63, 3.8) is 0 Å². The number of nitrogens with two attached hydrogens (primary N) is 1. The Morgan fingerprint density at radius 1 is 0.425 bits per heavy atom. The van der Waals surface area contributed by atoms with Gasteiger partial charge in [0, 0.05) is 75.9 Å². The Kier molecular flexibility index (Phi) is 37.6. The Hall–Kier alpha value is -13.1. The van der Waals surface area contributed by atoms with Crippen molar-refractivity contribution < 1.29 is 85.9 Å². The van der Waals surface area contributed by atoms with E-state index in [9.17, 15) is 43.8 Å². The Bertz CT molecular complexity index is 5670. The highest BCUT2D eigenvalue weighted by atomic mass is 36.0. The number of aromatic hydroxyl groups is 1. The van der Waals surface area contributed by atoms with Crippen molar-refractivity contribution in [2.45, 2.75) is 60.7 Å². The van der Waals surface area contributed by atoms with E-state index in [1.54, 1.807) is 88.3 Å². The summed E-state index contributed by atoms with van der Waals surface area (Å²) in [5.74, 6) is 5.03. The zero-order valence-electron chi connectivity index (χ0n) is 67.0. The van der Waals surface area contributed by atoms with E-state index in [-0.39, 0.29) is 57.9 Å². The molecule has 13 rings (SSSR count). The molecule has 0 amide bonds. The number of nitrogen functional groups attached to an aromatic ring is 1. The molecular formula is C91H87Cl4N4O20P. The van der Waals surface area contributed by atoms with Gasteiger partial charge < -0.3 is 67.9 Å². The van der Waals surface area contributed by atoms with Crippen LogP contribution in [0.3, 0.4) is 0 Å². The molecule has 0 fully saturated rings. The summed E-state index contributed by atoms with van der Waals surface area (Å²) in [6.45, 7) is 7.77. The van der Waals surface area contributed by atoms with Crippen molar-refractivity contribution in [2.24, 2.45) is 0 Å². The lowest BCUT2D eigenvalue weighted by atomic mass is 10.1. The van der Waals surface area contributed by atoms with E-state index >= 15 is 0 Å². The highest BCUT2D eigenvalue weighted by Gasteiger charge is 2.23. The van der Waals surface area contributed by atoms with Crippen LogP contribution in [-0.2, 0) is 37.6 Å². The van der Waals surface area contributed by atoms with E-state index in [1.165, 1.54) is 79.4 Å². The summed E-state index contributed by atoms with van der Waals surface area (Å²) in [4.78, 5) is 74.9. The van der Waals surface area contributed by atoms with E-state index in [0.717, 1.165) is 44.2 Å². The van der Waals surface area contributed by atoms with Crippen LogP contribution < -0.4 is 63.3 Å². The number of phenolic OH excluding ortho intramolecular Hbond substituents is 1. The third-order valence-electron chi connectivity index (χ3n) is 16.9. The number of pyridine rings is 2. The number of methoxy groups -OCH3 is 6. The molecule has 11 aromatic carbocycles. The van der Waals surface area contributed by atoms with Gasteiger partial charge in [-0.3, -0.25) is 43.6 Å². The van der Waals surface area contributed by atoms with Crippen LogP contribution in [0, 0.1) is 10.1 Å². The number of ketones is 4. The number of aromatic nitrogens is 2. The Morgan fingerprint density at radius 2 is 0.775 bits per heavy atom. The first-order valence-corrected chi connectivity index (χ1v) is 41.1. The molecule has 0 radical (unpaired) electrons. The number of nitro benzene ring substituents is 1. The zero-order valence-corrected chi connectivity index (χ0v) is 70.9. The predicted octanol–water partition coefficient (Wildman–Crippen LogP) is 21.9. The fourth-order valence-electron chi connectivity index (χ4n) is 10.8. The number of rotatable bonds is 26. The Morgan fingerprint density at radius 3 is 1.18 bits per heavy atom. The lowest BCUT2D eigenvalue weighted by molar-refractivity contribution is -0.385. The average Bonchev–Trinajstić information content (AvgIpc) is 0.802. The number of nitro groups is 1. The molecule has 0 saturated heterocycles. The Labute approximate surface area is 712 Å². The van der Waals surface area contributed by atoms with Gasteiger partial charge in [-0.15, -0.1) is 0 Å². The molecule has 24 nitrogen and oxygen atoms in total. The maximum Gasteiger partial charge on any atom is 0.339 e. The van der Waals surface area contributed by atoms with Gasteiger partial charge >= 0.3 is 5.20 Å². The zero-order chi connectivity index (χ0) is 87.3. The Balaban J connectivity index is 0.000000197. The number of aromatic amines is 1. The van der Waals surface area contributed by atoms with Crippen LogP contribution in [0.25, 0.3) is 21.8 Å². The summed E-state index contributed by atoms with van der Waals surface area (Å²) in [5, 5.41) is 19.1. The smallest absolute Gasteiger partial charge is 0.339 e. The number of fused-ring (bicyclic) bond motifs is 2. The van der Waals surface area contributed by atoms with Gasteiger partial charge in [0.1, 0.15) is 33.0 Å². The van der Waals surface area contributed by atoms with E-state index < -0.39 is 15.9 Å². The number of H-pyrrole nitrogens is 1. The maximum atomic E-state index is 11.8. The first-order chi connectivity index (χ1) is 57.5. The van der Waals surface area contributed by atoms with Crippen molar-refractivity contribution in [1.29, 1.82) is 0 Å². The molecule has 4 N–H and O–H groups in total. The number of Topliss-reactive ketones (excluding diaryl/α,β-unsaturated/α-hetero) is 4.